The Bertz CT molecular complexity index is 654. The number of fused-ring (bicyclic) bond motifs is 1. The topological polar surface area (TPSA) is 40.6 Å². The van der Waals surface area contributed by atoms with Crippen molar-refractivity contribution in [1.82, 2.24) is 9.80 Å². The Balaban J connectivity index is 1.42. The first-order chi connectivity index (χ1) is 13.2. The lowest BCUT2D eigenvalue weighted by Crippen LogP contribution is -2.50. The minimum absolute atomic E-state index is 0.194. The van der Waals surface area contributed by atoms with Gasteiger partial charge in [0.2, 0.25) is 11.8 Å². The van der Waals surface area contributed by atoms with Crippen LogP contribution in [0.5, 0.6) is 0 Å². The molecule has 1 saturated carbocycles. The van der Waals surface area contributed by atoms with E-state index in [1.54, 1.807) is 0 Å². The van der Waals surface area contributed by atoms with E-state index in [1.807, 2.05) is 15.9 Å². The monoisotopic (exact) mass is 368 g/mol. The van der Waals surface area contributed by atoms with E-state index in [9.17, 15) is 9.59 Å². The summed E-state index contributed by atoms with van der Waals surface area (Å²) in [7, 11) is 0. The molecule has 146 valence electrons. The molecule has 4 heteroatoms. The number of hydrogen-bond acceptors (Lipinski definition) is 2. The average molecular weight is 369 g/mol. The highest BCUT2D eigenvalue weighted by atomic mass is 16.2. The third kappa shape index (κ3) is 4.04. The normalized spacial score (nSPS) is 27.6. The molecule has 2 heterocycles. The van der Waals surface area contributed by atoms with Crippen LogP contribution < -0.4 is 0 Å². The van der Waals surface area contributed by atoms with Gasteiger partial charge in [-0.05, 0) is 56.4 Å². The van der Waals surface area contributed by atoms with Crippen molar-refractivity contribution in [2.24, 2.45) is 5.92 Å². The third-order valence-electron chi connectivity index (χ3n) is 6.78. The number of benzene rings is 1. The molecule has 1 aromatic rings. The summed E-state index contributed by atoms with van der Waals surface area (Å²) >= 11 is 0. The van der Waals surface area contributed by atoms with E-state index < -0.39 is 0 Å². The molecule has 2 amide bonds. The van der Waals surface area contributed by atoms with E-state index in [2.05, 4.69) is 24.3 Å². The molecular formula is C23H32N2O2. The molecule has 1 aliphatic carbocycles. The summed E-state index contributed by atoms with van der Waals surface area (Å²) < 4.78 is 0. The molecule has 0 spiro atoms. The SMILES string of the molecule is O=C(C1CC2CCCCC2N1C(=O)CCCc1ccccc1)N1CCCC1. The van der Waals surface area contributed by atoms with E-state index >= 15 is 0 Å². The Kier molecular flexibility index (Phi) is 5.80. The van der Waals surface area contributed by atoms with Gasteiger partial charge in [-0.3, -0.25) is 9.59 Å². The molecule has 2 saturated heterocycles. The molecule has 0 aromatic heterocycles. The number of amides is 2. The van der Waals surface area contributed by atoms with Crippen molar-refractivity contribution in [2.45, 2.75) is 76.3 Å². The zero-order valence-electron chi connectivity index (χ0n) is 16.3. The number of nitrogens with zero attached hydrogens (tertiary/aromatic N) is 2. The molecule has 4 rings (SSSR count). The van der Waals surface area contributed by atoms with E-state index in [0.29, 0.717) is 18.4 Å². The molecule has 3 fully saturated rings. The lowest BCUT2D eigenvalue weighted by Gasteiger charge is -2.34. The molecule has 0 N–H and O–H groups in total. The summed E-state index contributed by atoms with van der Waals surface area (Å²) in [6, 6.07) is 10.5. The second-order valence-corrected chi connectivity index (χ2v) is 8.54. The van der Waals surface area contributed by atoms with Crippen LogP contribution in [0.15, 0.2) is 30.3 Å². The molecule has 0 bridgehead atoms. The van der Waals surface area contributed by atoms with Crippen LogP contribution in [0.3, 0.4) is 0 Å². The second-order valence-electron chi connectivity index (χ2n) is 8.54. The minimum Gasteiger partial charge on any atom is -0.341 e. The molecule has 1 aromatic carbocycles. The summed E-state index contributed by atoms with van der Waals surface area (Å²) in [4.78, 5) is 30.4. The van der Waals surface area contributed by atoms with Gasteiger partial charge in [0.05, 0.1) is 0 Å². The van der Waals surface area contributed by atoms with Crippen molar-refractivity contribution in [3.05, 3.63) is 35.9 Å². The average Bonchev–Trinajstić information content (AvgIpc) is 3.36. The fraction of sp³-hybridized carbons (Fsp3) is 0.652. The van der Waals surface area contributed by atoms with Crippen molar-refractivity contribution in [3.63, 3.8) is 0 Å². The Morgan fingerprint density at radius 1 is 0.963 bits per heavy atom. The number of rotatable bonds is 5. The fourth-order valence-electron chi connectivity index (χ4n) is 5.41. The predicted molar refractivity (Wildman–Crippen MR) is 106 cm³/mol. The van der Waals surface area contributed by atoms with Gasteiger partial charge in [0.25, 0.3) is 0 Å². The largest absolute Gasteiger partial charge is 0.341 e. The van der Waals surface area contributed by atoms with Gasteiger partial charge in [-0.25, -0.2) is 0 Å². The maximum atomic E-state index is 13.2. The van der Waals surface area contributed by atoms with Crippen LogP contribution in [-0.2, 0) is 16.0 Å². The van der Waals surface area contributed by atoms with Gasteiger partial charge in [-0.15, -0.1) is 0 Å². The van der Waals surface area contributed by atoms with Gasteiger partial charge in [0.15, 0.2) is 0 Å². The summed E-state index contributed by atoms with van der Waals surface area (Å²) in [6.45, 7) is 1.75. The highest BCUT2D eigenvalue weighted by Gasteiger charge is 2.48. The standard InChI is InChI=1S/C23H32N2O2/c26-22(14-8-11-18-9-2-1-3-10-18)25-20-13-5-4-12-19(20)17-21(25)23(27)24-15-6-7-16-24/h1-3,9-10,19-21H,4-8,11-17H2. The molecule has 3 unspecified atom stereocenters. The van der Waals surface area contributed by atoms with Gasteiger partial charge in [0, 0.05) is 25.6 Å². The summed E-state index contributed by atoms with van der Waals surface area (Å²) in [5.74, 6) is 0.963. The number of hydrogen-bond donors (Lipinski definition) is 0. The molecular weight excluding hydrogens is 336 g/mol. The van der Waals surface area contributed by atoms with E-state index in [4.69, 9.17) is 0 Å². The highest BCUT2D eigenvalue weighted by molar-refractivity contribution is 5.89. The maximum absolute atomic E-state index is 13.2. The van der Waals surface area contributed by atoms with Gasteiger partial charge >= 0.3 is 0 Å². The Morgan fingerprint density at radius 2 is 1.70 bits per heavy atom. The molecule has 3 aliphatic rings. The van der Waals surface area contributed by atoms with Crippen LogP contribution >= 0.6 is 0 Å². The molecule has 4 nitrogen and oxygen atoms in total. The lowest BCUT2D eigenvalue weighted by atomic mass is 9.84. The Hall–Kier alpha value is -1.84. The lowest BCUT2D eigenvalue weighted by molar-refractivity contribution is -0.145. The highest BCUT2D eigenvalue weighted by Crippen LogP contribution is 2.41. The number of aryl methyl sites for hydroxylation is 1. The van der Waals surface area contributed by atoms with Gasteiger partial charge in [-0.2, -0.15) is 0 Å². The molecule has 3 atom stereocenters. The van der Waals surface area contributed by atoms with Crippen LogP contribution in [0, 0.1) is 5.92 Å². The predicted octanol–water partition coefficient (Wildman–Crippen LogP) is 3.79. The van der Waals surface area contributed by atoms with Crippen LogP contribution in [0.2, 0.25) is 0 Å². The van der Waals surface area contributed by atoms with Crippen LogP contribution in [0.25, 0.3) is 0 Å². The van der Waals surface area contributed by atoms with Crippen LogP contribution in [0.4, 0.5) is 0 Å². The summed E-state index contributed by atoms with van der Waals surface area (Å²) in [5, 5.41) is 0. The van der Waals surface area contributed by atoms with Crippen molar-refractivity contribution < 1.29 is 9.59 Å². The molecule has 27 heavy (non-hydrogen) atoms. The first kappa shape index (κ1) is 18.5. The van der Waals surface area contributed by atoms with Gasteiger partial charge in [0.1, 0.15) is 6.04 Å². The second kappa shape index (κ2) is 8.45. The van der Waals surface area contributed by atoms with Crippen LogP contribution in [0.1, 0.15) is 63.4 Å². The number of carbonyl (C=O) groups excluding carboxylic acids is 2. The summed E-state index contributed by atoms with van der Waals surface area (Å²) in [6.07, 6.45) is 10.2. The zero-order valence-corrected chi connectivity index (χ0v) is 16.3. The fourth-order valence-corrected chi connectivity index (χ4v) is 5.41. The molecule has 0 radical (unpaired) electrons. The van der Waals surface area contributed by atoms with E-state index in [-0.39, 0.29) is 17.9 Å². The Labute approximate surface area is 162 Å². The molecule has 2 aliphatic heterocycles. The summed E-state index contributed by atoms with van der Waals surface area (Å²) in [5.41, 5.74) is 1.28. The smallest absolute Gasteiger partial charge is 0.245 e. The third-order valence-corrected chi connectivity index (χ3v) is 6.78. The first-order valence-corrected chi connectivity index (χ1v) is 10.9. The number of carbonyl (C=O) groups is 2. The van der Waals surface area contributed by atoms with Crippen molar-refractivity contribution in [3.8, 4) is 0 Å². The van der Waals surface area contributed by atoms with Crippen molar-refractivity contribution in [2.75, 3.05) is 13.1 Å². The van der Waals surface area contributed by atoms with E-state index in [0.717, 1.165) is 51.6 Å². The quantitative estimate of drug-likeness (QED) is 0.793. The van der Waals surface area contributed by atoms with Crippen molar-refractivity contribution >= 4 is 11.8 Å². The van der Waals surface area contributed by atoms with Gasteiger partial charge in [-0.1, -0.05) is 43.2 Å². The van der Waals surface area contributed by atoms with E-state index in [1.165, 1.54) is 24.8 Å². The maximum Gasteiger partial charge on any atom is 0.245 e. The first-order valence-electron chi connectivity index (χ1n) is 10.9. The number of likely N-dealkylation sites (tertiary alicyclic amines) is 2. The zero-order chi connectivity index (χ0) is 18.6. The Morgan fingerprint density at radius 3 is 2.48 bits per heavy atom. The van der Waals surface area contributed by atoms with Crippen molar-refractivity contribution in [1.29, 1.82) is 0 Å². The van der Waals surface area contributed by atoms with Crippen LogP contribution in [-0.4, -0.2) is 46.8 Å². The van der Waals surface area contributed by atoms with Gasteiger partial charge < -0.3 is 9.80 Å². The minimum atomic E-state index is -0.194.